The molecule has 2 heterocycles. The molecule has 0 aliphatic carbocycles. The predicted molar refractivity (Wildman–Crippen MR) is 116 cm³/mol. The number of benzene rings is 2. The molecule has 0 bridgehead atoms. The van der Waals surface area contributed by atoms with Crippen LogP contribution in [0.15, 0.2) is 64.4 Å². The second kappa shape index (κ2) is 7.58. The standard InChI is InChI=1S/C20H16N6O4S/c1-21-14-8-6-13(7-9-14)11-25-18-17(22-12-23-18)19(27)26(20(25)28)16-5-3-4-15(10-16)24-31(2,29)30/h3-10,12,24H,11H2,2H3,(H,22,23). The van der Waals surface area contributed by atoms with Crippen LogP contribution in [0, 0.1) is 6.57 Å². The molecule has 11 heteroatoms. The van der Waals surface area contributed by atoms with E-state index in [-0.39, 0.29) is 29.1 Å². The summed E-state index contributed by atoms with van der Waals surface area (Å²) < 4.78 is 27.7. The highest BCUT2D eigenvalue weighted by molar-refractivity contribution is 7.92. The third-order valence-electron chi connectivity index (χ3n) is 4.53. The van der Waals surface area contributed by atoms with Gasteiger partial charge in [-0.1, -0.05) is 30.3 Å². The van der Waals surface area contributed by atoms with Gasteiger partial charge in [-0.2, -0.15) is 0 Å². The lowest BCUT2D eigenvalue weighted by atomic mass is 10.2. The number of H-pyrrole nitrogens is 1. The highest BCUT2D eigenvalue weighted by Crippen LogP contribution is 2.16. The Kier molecular flexibility index (Phi) is 4.92. The lowest BCUT2D eigenvalue weighted by Gasteiger charge is -2.13. The molecule has 0 spiro atoms. The molecule has 10 nitrogen and oxygen atoms in total. The zero-order valence-electron chi connectivity index (χ0n) is 16.2. The number of nitrogens with one attached hydrogen (secondary N) is 2. The van der Waals surface area contributed by atoms with E-state index in [1.165, 1.54) is 29.1 Å². The van der Waals surface area contributed by atoms with Crippen LogP contribution < -0.4 is 16.0 Å². The number of fused-ring (bicyclic) bond motifs is 1. The quantitative estimate of drug-likeness (QED) is 0.462. The number of nitrogens with zero attached hydrogens (tertiary/aromatic N) is 4. The lowest BCUT2D eigenvalue weighted by Crippen LogP contribution is -2.39. The van der Waals surface area contributed by atoms with Crippen molar-refractivity contribution < 1.29 is 8.42 Å². The van der Waals surface area contributed by atoms with Crippen molar-refractivity contribution >= 4 is 32.6 Å². The summed E-state index contributed by atoms with van der Waals surface area (Å²) in [6.07, 6.45) is 2.34. The molecule has 0 saturated heterocycles. The number of aromatic nitrogens is 4. The Morgan fingerprint density at radius 1 is 1.16 bits per heavy atom. The normalized spacial score (nSPS) is 11.4. The number of sulfonamides is 1. The van der Waals surface area contributed by atoms with Crippen molar-refractivity contribution in [3.05, 3.63) is 92.7 Å². The van der Waals surface area contributed by atoms with E-state index in [4.69, 9.17) is 6.57 Å². The maximum atomic E-state index is 13.3. The SMILES string of the molecule is [C-]#[N+]c1ccc(Cn2c(=O)n(-c3cccc(NS(C)(=O)=O)c3)c(=O)c3[nH]cnc32)cc1. The number of aromatic amines is 1. The molecule has 2 aromatic carbocycles. The molecule has 0 aliphatic heterocycles. The Labute approximate surface area is 176 Å². The van der Waals surface area contributed by atoms with Gasteiger partial charge in [-0.05, 0) is 23.8 Å². The van der Waals surface area contributed by atoms with E-state index in [9.17, 15) is 18.0 Å². The summed E-state index contributed by atoms with van der Waals surface area (Å²) in [5, 5.41) is 0. The summed E-state index contributed by atoms with van der Waals surface area (Å²) >= 11 is 0. The van der Waals surface area contributed by atoms with Gasteiger partial charge >= 0.3 is 5.69 Å². The Hall–Kier alpha value is -4.17. The topological polar surface area (TPSA) is 123 Å². The minimum absolute atomic E-state index is 0.125. The average molecular weight is 436 g/mol. The van der Waals surface area contributed by atoms with Crippen LogP contribution in [0.1, 0.15) is 5.56 Å². The van der Waals surface area contributed by atoms with E-state index in [1.54, 1.807) is 30.3 Å². The van der Waals surface area contributed by atoms with Gasteiger partial charge in [0.05, 0.1) is 37.1 Å². The number of anilines is 1. The maximum absolute atomic E-state index is 13.3. The van der Waals surface area contributed by atoms with Crippen LogP contribution in [0.5, 0.6) is 0 Å². The summed E-state index contributed by atoms with van der Waals surface area (Å²) in [6.45, 7) is 7.18. The van der Waals surface area contributed by atoms with Crippen molar-refractivity contribution in [3.8, 4) is 5.69 Å². The van der Waals surface area contributed by atoms with Crippen LogP contribution in [0.3, 0.4) is 0 Å². The Morgan fingerprint density at radius 3 is 2.58 bits per heavy atom. The van der Waals surface area contributed by atoms with Gasteiger partial charge in [0.2, 0.25) is 10.0 Å². The van der Waals surface area contributed by atoms with Crippen LogP contribution in [0.4, 0.5) is 11.4 Å². The third kappa shape index (κ3) is 3.96. The zero-order chi connectivity index (χ0) is 22.2. The fourth-order valence-corrected chi connectivity index (χ4v) is 3.77. The van der Waals surface area contributed by atoms with E-state index in [1.807, 2.05) is 0 Å². The molecule has 31 heavy (non-hydrogen) atoms. The van der Waals surface area contributed by atoms with Crippen molar-refractivity contribution in [2.45, 2.75) is 6.54 Å². The zero-order valence-corrected chi connectivity index (χ0v) is 17.0. The van der Waals surface area contributed by atoms with Crippen LogP contribution >= 0.6 is 0 Å². The van der Waals surface area contributed by atoms with Crippen LogP contribution in [0.2, 0.25) is 0 Å². The summed E-state index contributed by atoms with van der Waals surface area (Å²) in [6, 6.07) is 12.7. The van der Waals surface area contributed by atoms with E-state index in [0.717, 1.165) is 16.4 Å². The highest BCUT2D eigenvalue weighted by atomic mass is 32.2. The van der Waals surface area contributed by atoms with Gasteiger partial charge in [-0.3, -0.25) is 14.1 Å². The van der Waals surface area contributed by atoms with Crippen LogP contribution in [0.25, 0.3) is 21.7 Å². The third-order valence-corrected chi connectivity index (χ3v) is 5.13. The molecular weight excluding hydrogens is 420 g/mol. The van der Waals surface area contributed by atoms with Crippen molar-refractivity contribution in [2.75, 3.05) is 11.0 Å². The van der Waals surface area contributed by atoms with E-state index in [0.29, 0.717) is 5.69 Å². The summed E-state index contributed by atoms with van der Waals surface area (Å²) in [4.78, 5) is 36.6. The molecule has 156 valence electrons. The minimum atomic E-state index is -3.53. The Bertz CT molecular complexity index is 1560. The molecule has 4 rings (SSSR count). The monoisotopic (exact) mass is 436 g/mol. The average Bonchev–Trinajstić information content (AvgIpc) is 3.21. The van der Waals surface area contributed by atoms with E-state index < -0.39 is 21.3 Å². The van der Waals surface area contributed by atoms with E-state index in [2.05, 4.69) is 19.5 Å². The van der Waals surface area contributed by atoms with Gasteiger partial charge in [0.1, 0.15) is 5.52 Å². The lowest BCUT2D eigenvalue weighted by molar-refractivity contribution is 0.607. The molecule has 0 aliphatic rings. The largest absolute Gasteiger partial charge is 0.339 e. The first-order valence-electron chi connectivity index (χ1n) is 9.00. The molecule has 2 N–H and O–H groups in total. The molecule has 0 atom stereocenters. The number of rotatable bonds is 5. The van der Waals surface area contributed by atoms with Crippen molar-refractivity contribution in [2.24, 2.45) is 0 Å². The molecule has 0 radical (unpaired) electrons. The Balaban J connectivity index is 1.89. The molecule has 2 aromatic heterocycles. The van der Waals surface area contributed by atoms with Gasteiger partial charge < -0.3 is 4.98 Å². The Morgan fingerprint density at radius 2 is 1.90 bits per heavy atom. The fraction of sp³-hybridized carbons (Fsp3) is 0.100. The van der Waals surface area contributed by atoms with Crippen molar-refractivity contribution in [1.29, 1.82) is 0 Å². The molecule has 0 saturated carbocycles. The number of imidazole rings is 1. The van der Waals surface area contributed by atoms with Gasteiger partial charge in [-0.15, -0.1) is 0 Å². The fourth-order valence-electron chi connectivity index (χ4n) is 3.21. The molecule has 0 amide bonds. The first kappa shape index (κ1) is 20.1. The first-order valence-corrected chi connectivity index (χ1v) is 10.9. The smallest absolute Gasteiger partial charge is 0.337 e. The van der Waals surface area contributed by atoms with Gasteiger partial charge in [0, 0.05) is 0 Å². The molecular formula is C20H16N6O4S. The van der Waals surface area contributed by atoms with Gasteiger partial charge in [0.15, 0.2) is 11.3 Å². The molecule has 4 aromatic rings. The maximum Gasteiger partial charge on any atom is 0.337 e. The molecule has 0 unspecified atom stereocenters. The minimum Gasteiger partial charge on any atom is -0.339 e. The second-order valence-corrected chi connectivity index (χ2v) is 8.56. The summed E-state index contributed by atoms with van der Waals surface area (Å²) in [7, 11) is -3.53. The van der Waals surface area contributed by atoms with Crippen LogP contribution in [-0.4, -0.2) is 33.8 Å². The van der Waals surface area contributed by atoms with Crippen LogP contribution in [-0.2, 0) is 16.6 Å². The van der Waals surface area contributed by atoms with Crippen molar-refractivity contribution in [1.82, 2.24) is 19.1 Å². The van der Waals surface area contributed by atoms with Gasteiger partial charge in [-0.25, -0.2) is 27.6 Å². The first-order chi connectivity index (χ1) is 14.8. The molecule has 0 fully saturated rings. The van der Waals surface area contributed by atoms with E-state index >= 15 is 0 Å². The number of hydrogen-bond acceptors (Lipinski definition) is 5. The predicted octanol–water partition coefficient (Wildman–Crippen LogP) is 1.85. The van der Waals surface area contributed by atoms with Gasteiger partial charge in [0.25, 0.3) is 5.56 Å². The van der Waals surface area contributed by atoms with Crippen molar-refractivity contribution in [3.63, 3.8) is 0 Å². The summed E-state index contributed by atoms with van der Waals surface area (Å²) in [5.74, 6) is 0. The second-order valence-electron chi connectivity index (χ2n) is 6.81. The number of hydrogen-bond donors (Lipinski definition) is 2. The summed E-state index contributed by atoms with van der Waals surface area (Å²) in [5.41, 5.74) is 0.751. The highest BCUT2D eigenvalue weighted by Gasteiger charge is 2.17.